The van der Waals surface area contributed by atoms with Crippen molar-refractivity contribution in [3.63, 3.8) is 0 Å². The summed E-state index contributed by atoms with van der Waals surface area (Å²) in [6.45, 7) is 0. The minimum absolute atomic E-state index is 0.0665. The van der Waals surface area contributed by atoms with Crippen molar-refractivity contribution in [3.05, 3.63) is 61.6 Å². The maximum Gasteiger partial charge on any atom is 0.283 e. The van der Waals surface area contributed by atoms with E-state index in [4.69, 9.17) is 17.3 Å². The van der Waals surface area contributed by atoms with Crippen LogP contribution in [-0.2, 0) is 16.6 Å². The van der Waals surface area contributed by atoms with Gasteiger partial charge in [-0.05, 0) is 39.7 Å². The predicted octanol–water partition coefficient (Wildman–Crippen LogP) is 3.90. The van der Waals surface area contributed by atoms with Crippen LogP contribution in [0.2, 0.25) is 5.02 Å². The minimum atomic E-state index is -1.45. The number of halogens is 2. The molecule has 0 bridgehead atoms. The number of nitrogens with zero attached hydrogens (tertiary/aromatic N) is 1. The summed E-state index contributed by atoms with van der Waals surface area (Å²) in [5.74, 6) is 0.103. The molecule has 0 aliphatic carbocycles. The summed E-state index contributed by atoms with van der Waals surface area (Å²) in [6.07, 6.45) is 0. The first-order valence-electron chi connectivity index (χ1n) is 5.75. The molecule has 0 aliphatic heterocycles. The van der Waals surface area contributed by atoms with Gasteiger partial charge in [0.25, 0.3) is 5.69 Å². The third-order valence-electron chi connectivity index (χ3n) is 2.74. The highest BCUT2D eigenvalue weighted by Crippen LogP contribution is 2.31. The van der Waals surface area contributed by atoms with Crippen LogP contribution in [0.4, 0.5) is 11.4 Å². The molecule has 21 heavy (non-hydrogen) atoms. The number of benzene rings is 2. The fourth-order valence-corrected chi connectivity index (χ4v) is 4.07. The number of nitro groups is 1. The second-order valence-corrected chi connectivity index (χ2v) is 6.81. The van der Waals surface area contributed by atoms with E-state index in [9.17, 15) is 14.3 Å². The Balaban J connectivity index is 2.34. The first-order chi connectivity index (χ1) is 9.90. The molecular weight excluding hydrogens is 380 g/mol. The largest absolute Gasteiger partial charge is 0.399 e. The van der Waals surface area contributed by atoms with E-state index < -0.39 is 15.7 Å². The topological polar surface area (TPSA) is 86.2 Å². The van der Waals surface area contributed by atoms with Crippen molar-refractivity contribution >= 4 is 49.7 Å². The van der Waals surface area contributed by atoms with E-state index in [1.54, 1.807) is 30.3 Å². The van der Waals surface area contributed by atoms with E-state index in [0.29, 0.717) is 25.6 Å². The van der Waals surface area contributed by atoms with Gasteiger partial charge < -0.3 is 5.73 Å². The molecule has 2 aromatic carbocycles. The Morgan fingerprint density at radius 3 is 2.71 bits per heavy atom. The molecule has 0 radical (unpaired) electrons. The van der Waals surface area contributed by atoms with Gasteiger partial charge in [0, 0.05) is 11.8 Å². The molecule has 0 aromatic heterocycles. The Morgan fingerprint density at radius 2 is 2.05 bits per heavy atom. The van der Waals surface area contributed by atoms with Crippen molar-refractivity contribution in [1.29, 1.82) is 0 Å². The average Bonchev–Trinajstić information content (AvgIpc) is 2.43. The lowest BCUT2D eigenvalue weighted by Crippen LogP contribution is -2.01. The molecule has 0 saturated carbocycles. The van der Waals surface area contributed by atoms with Gasteiger partial charge in [0.15, 0.2) is 0 Å². The van der Waals surface area contributed by atoms with Gasteiger partial charge in [0.05, 0.1) is 35.9 Å². The summed E-state index contributed by atoms with van der Waals surface area (Å²) < 4.78 is 12.7. The number of hydrogen-bond acceptors (Lipinski definition) is 4. The standard InChI is InChI=1S/C13H10BrClN2O3S/c14-13-8(2-1-3-11(13)17(18)19)7-21(20)12-6-9(16)4-5-10(12)15/h1-6H,7,16H2. The molecule has 110 valence electrons. The Morgan fingerprint density at radius 1 is 1.33 bits per heavy atom. The van der Waals surface area contributed by atoms with Crippen LogP contribution >= 0.6 is 27.5 Å². The lowest BCUT2D eigenvalue weighted by Gasteiger charge is -2.07. The molecule has 0 amide bonds. The summed E-state index contributed by atoms with van der Waals surface area (Å²) in [4.78, 5) is 10.8. The van der Waals surface area contributed by atoms with E-state index in [0.717, 1.165) is 0 Å². The number of anilines is 1. The van der Waals surface area contributed by atoms with Crippen LogP contribution in [0.25, 0.3) is 0 Å². The van der Waals surface area contributed by atoms with Crippen LogP contribution in [0.5, 0.6) is 0 Å². The van der Waals surface area contributed by atoms with Crippen molar-refractivity contribution in [2.45, 2.75) is 10.6 Å². The highest BCUT2D eigenvalue weighted by molar-refractivity contribution is 9.10. The van der Waals surface area contributed by atoms with E-state index >= 15 is 0 Å². The van der Waals surface area contributed by atoms with Crippen LogP contribution in [0.1, 0.15) is 5.56 Å². The molecule has 2 aromatic rings. The molecule has 8 heteroatoms. The highest BCUT2D eigenvalue weighted by Gasteiger charge is 2.18. The number of nitrogens with two attached hydrogens (primary N) is 1. The van der Waals surface area contributed by atoms with Crippen LogP contribution in [0, 0.1) is 10.1 Å². The van der Waals surface area contributed by atoms with Gasteiger partial charge in [-0.1, -0.05) is 23.7 Å². The van der Waals surface area contributed by atoms with Gasteiger partial charge in [-0.2, -0.15) is 0 Å². The molecule has 5 nitrogen and oxygen atoms in total. The molecule has 1 atom stereocenters. The van der Waals surface area contributed by atoms with Gasteiger partial charge in [0.2, 0.25) is 0 Å². The second-order valence-electron chi connectivity index (χ2n) is 4.19. The first kappa shape index (κ1) is 15.9. The Bertz CT molecular complexity index is 739. The Labute approximate surface area is 136 Å². The zero-order valence-electron chi connectivity index (χ0n) is 10.6. The summed E-state index contributed by atoms with van der Waals surface area (Å²) >= 11 is 9.19. The average molecular weight is 390 g/mol. The van der Waals surface area contributed by atoms with Crippen molar-refractivity contribution in [1.82, 2.24) is 0 Å². The number of nitrogen functional groups attached to an aromatic ring is 1. The smallest absolute Gasteiger partial charge is 0.283 e. The fraction of sp³-hybridized carbons (Fsp3) is 0.0769. The molecule has 0 saturated heterocycles. The molecule has 0 spiro atoms. The van der Waals surface area contributed by atoms with Crippen LogP contribution in [0.15, 0.2) is 45.8 Å². The maximum absolute atomic E-state index is 12.4. The zero-order valence-corrected chi connectivity index (χ0v) is 13.7. The van der Waals surface area contributed by atoms with Gasteiger partial charge in [-0.15, -0.1) is 0 Å². The maximum atomic E-state index is 12.4. The van der Waals surface area contributed by atoms with Gasteiger partial charge in [-0.3, -0.25) is 14.3 Å². The normalized spacial score (nSPS) is 12.1. The zero-order chi connectivity index (χ0) is 15.6. The summed E-state index contributed by atoms with van der Waals surface area (Å²) in [6, 6.07) is 9.35. The number of hydrogen-bond donors (Lipinski definition) is 1. The summed E-state index contributed by atoms with van der Waals surface area (Å²) in [7, 11) is -1.45. The third-order valence-corrected chi connectivity index (χ3v) is 5.50. The Hall–Kier alpha value is -1.44. The van der Waals surface area contributed by atoms with Crippen molar-refractivity contribution in [2.75, 3.05) is 5.73 Å². The van der Waals surface area contributed by atoms with Gasteiger partial charge >= 0.3 is 0 Å². The molecule has 1 unspecified atom stereocenters. The van der Waals surface area contributed by atoms with Gasteiger partial charge in [0.1, 0.15) is 0 Å². The molecule has 0 heterocycles. The van der Waals surface area contributed by atoms with Crippen molar-refractivity contribution < 1.29 is 9.13 Å². The summed E-state index contributed by atoms with van der Waals surface area (Å²) in [5.41, 5.74) is 6.62. The van der Waals surface area contributed by atoms with E-state index in [2.05, 4.69) is 15.9 Å². The van der Waals surface area contributed by atoms with Crippen LogP contribution in [0.3, 0.4) is 0 Å². The SMILES string of the molecule is Nc1ccc(Cl)c(S(=O)Cc2cccc([N+](=O)[O-])c2Br)c1. The Kier molecular flexibility index (Phi) is 4.97. The molecule has 0 fully saturated rings. The van der Waals surface area contributed by atoms with Gasteiger partial charge in [-0.25, -0.2) is 0 Å². The van der Waals surface area contributed by atoms with Crippen molar-refractivity contribution in [2.24, 2.45) is 0 Å². The second kappa shape index (κ2) is 6.55. The lowest BCUT2D eigenvalue weighted by molar-refractivity contribution is -0.385. The number of rotatable bonds is 4. The lowest BCUT2D eigenvalue weighted by atomic mass is 10.2. The van der Waals surface area contributed by atoms with E-state index in [-0.39, 0.29) is 11.4 Å². The predicted molar refractivity (Wildman–Crippen MR) is 86.8 cm³/mol. The molecular formula is C13H10BrClN2O3S. The van der Waals surface area contributed by atoms with Crippen molar-refractivity contribution in [3.8, 4) is 0 Å². The molecule has 2 rings (SSSR count). The minimum Gasteiger partial charge on any atom is -0.399 e. The van der Waals surface area contributed by atoms with Crippen LogP contribution < -0.4 is 5.73 Å². The van der Waals surface area contributed by atoms with Crippen LogP contribution in [-0.4, -0.2) is 9.13 Å². The highest BCUT2D eigenvalue weighted by atomic mass is 79.9. The first-order valence-corrected chi connectivity index (χ1v) is 8.24. The number of nitro benzene ring substituents is 1. The third kappa shape index (κ3) is 3.61. The summed E-state index contributed by atoms with van der Waals surface area (Å²) in [5, 5.41) is 11.2. The van der Waals surface area contributed by atoms with E-state index in [1.807, 2.05) is 0 Å². The molecule has 2 N–H and O–H groups in total. The molecule has 0 aliphatic rings. The monoisotopic (exact) mass is 388 g/mol. The fourth-order valence-electron chi connectivity index (χ4n) is 1.73. The quantitative estimate of drug-likeness (QED) is 0.488. The van der Waals surface area contributed by atoms with E-state index in [1.165, 1.54) is 6.07 Å².